The van der Waals surface area contributed by atoms with Crippen molar-refractivity contribution in [1.82, 2.24) is 0 Å². The Balaban J connectivity index is 2.20. The highest BCUT2D eigenvalue weighted by atomic mass is 16.7. The van der Waals surface area contributed by atoms with Gasteiger partial charge in [-0.2, -0.15) is 0 Å². The second-order valence-electron chi connectivity index (χ2n) is 5.58. The number of aliphatic hydroxyl groups excluding tert-OH is 7. The fourth-order valence-electron chi connectivity index (χ4n) is 2.64. The molecule has 0 radical (unpaired) electrons. The van der Waals surface area contributed by atoms with E-state index in [0.717, 1.165) is 0 Å². The van der Waals surface area contributed by atoms with Gasteiger partial charge < -0.3 is 55.1 Å². The van der Waals surface area contributed by atoms with Crippen LogP contribution < -0.4 is 0 Å². The zero-order chi connectivity index (χ0) is 17.4. The zero-order valence-electron chi connectivity index (χ0n) is 12.0. The van der Waals surface area contributed by atoms with Crippen molar-refractivity contribution in [2.75, 3.05) is 19.8 Å². The average Bonchev–Trinajstić information content (AvgIpc) is 2.53. The van der Waals surface area contributed by atoms with Crippen molar-refractivity contribution in [3.8, 4) is 0 Å². The van der Waals surface area contributed by atoms with Crippen LogP contribution >= 0.6 is 0 Å². The smallest absolute Gasteiger partial charge is 0.224 e. The molecule has 0 amide bonds. The standard InChI is InChI=1S/C12H22O11/c13-1-5-7(16)8(17)9(11(19)22-5)23-12(20)6(2-14)21-3-4(15)10(12)18/h4-11,13-20H,1-3H2/t4-,5+,6+,7+,8-,9+,10+,11?,12-/m0/s1. The minimum atomic E-state index is -2.67. The van der Waals surface area contributed by atoms with Crippen LogP contribution in [0, 0.1) is 0 Å². The molecule has 11 nitrogen and oxygen atoms in total. The number of ether oxygens (including phenoxy) is 3. The van der Waals surface area contributed by atoms with Crippen molar-refractivity contribution >= 4 is 0 Å². The van der Waals surface area contributed by atoms with Gasteiger partial charge in [-0.25, -0.2) is 0 Å². The molecule has 2 aliphatic heterocycles. The summed E-state index contributed by atoms with van der Waals surface area (Å²) in [7, 11) is 0. The summed E-state index contributed by atoms with van der Waals surface area (Å²) in [6.07, 6.45) is -13.2. The van der Waals surface area contributed by atoms with Crippen molar-refractivity contribution in [3.05, 3.63) is 0 Å². The van der Waals surface area contributed by atoms with Gasteiger partial charge in [0.25, 0.3) is 0 Å². The largest absolute Gasteiger partial charge is 0.394 e. The van der Waals surface area contributed by atoms with Crippen LogP contribution in [-0.2, 0) is 14.2 Å². The summed E-state index contributed by atoms with van der Waals surface area (Å²) in [5, 5.41) is 77.8. The topological polar surface area (TPSA) is 190 Å². The fourth-order valence-corrected chi connectivity index (χ4v) is 2.64. The first-order valence-electron chi connectivity index (χ1n) is 7.05. The fraction of sp³-hybridized carbons (Fsp3) is 1.00. The molecule has 9 atom stereocenters. The van der Waals surface area contributed by atoms with Crippen molar-refractivity contribution in [2.45, 2.75) is 54.8 Å². The first kappa shape index (κ1) is 18.9. The van der Waals surface area contributed by atoms with E-state index in [0.29, 0.717) is 0 Å². The Morgan fingerprint density at radius 2 is 1.65 bits per heavy atom. The Hall–Kier alpha value is -0.440. The van der Waals surface area contributed by atoms with Crippen LogP contribution in [0.2, 0.25) is 0 Å². The molecule has 8 N–H and O–H groups in total. The highest BCUT2D eigenvalue weighted by Gasteiger charge is 2.56. The van der Waals surface area contributed by atoms with Crippen molar-refractivity contribution in [2.24, 2.45) is 0 Å². The third kappa shape index (κ3) is 3.36. The molecule has 1 unspecified atom stereocenters. The van der Waals surface area contributed by atoms with E-state index in [1.807, 2.05) is 0 Å². The van der Waals surface area contributed by atoms with E-state index in [2.05, 4.69) is 0 Å². The van der Waals surface area contributed by atoms with Crippen LogP contribution in [0.25, 0.3) is 0 Å². The predicted octanol–water partition coefficient (Wildman–Crippen LogP) is -5.40. The molecule has 23 heavy (non-hydrogen) atoms. The molecule has 11 heteroatoms. The van der Waals surface area contributed by atoms with Crippen molar-refractivity contribution < 1.29 is 55.1 Å². The maximum atomic E-state index is 10.4. The lowest BCUT2D eigenvalue weighted by Gasteiger charge is -2.48. The maximum Gasteiger partial charge on any atom is 0.224 e. The van der Waals surface area contributed by atoms with E-state index in [1.165, 1.54) is 0 Å². The van der Waals surface area contributed by atoms with E-state index < -0.39 is 68.0 Å². The molecule has 2 aliphatic rings. The van der Waals surface area contributed by atoms with Gasteiger partial charge in [-0.15, -0.1) is 0 Å². The van der Waals surface area contributed by atoms with Gasteiger partial charge in [0.15, 0.2) is 6.29 Å². The number of aliphatic hydroxyl groups is 8. The average molecular weight is 342 g/mol. The molecule has 0 aromatic rings. The Kier molecular flexibility index (Phi) is 5.92. The normalized spacial score (nSPS) is 51.7. The zero-order valence-corrected chi connectivity index (χ0v) is 12.0. The molecule has 0 aliphatic carbocycles. The van der Waals surface area contributed by atoms with E-state index >= 15 is 0 Å². The van der Waals surface area contributed by atoms with Gasteiger partial charge in [0.05, 0.1) is 19.8 Å². The minimum Gasteiger partial charge on any atom is -0.394 e. The summed E-state index contributed by atoms with van der Waals surface area (Å²) in [6.45, 7) is -1.85. The summed E-state index contributed by atoms with van der Waals surface area (Å²) in [4.78, 5) is 0. The molecule has 2 saturated heterocycles. The molecule has 2 heterocycles. The molecule has 0 aromatic carbocycles. The Bertz CT molecular complexity index is 391. The number of hydrogen-bond acceptors (Lipinski definition) is 11. The SMILES string of the molecule is OC[C@H]1OC(O)[C@H](O[C@]2(O)[C@H](O)[C@@H](O)CO[C@@H]2CO)[C@@H](O)[C@@H]1O. The lowest BCUT2D eigenvalue weighted by atomic mass is 9.94. The second-order valence-corrected chi connectivity index (χ2v) is 5.58. The molecule has 0 spiro atoms. The van der Waals surface area contributed by atoms with E-state index in [-0.39, 0.29) is 6.61 Å². The lowest BCUT2D eigenvalue weighted by molar-refractivity contribution is -0.403. The summed E-state index contributed by atoms with van der Waals surface area (Å²) in [5.74, 6) is -2.67. The van der Waals surface area contributed by atoms with Gasteiger partial charge in [0.2, 0.25) is 5.79 Å². The molecular formula is C12H22O11. The molecule has 0 saturated carbocycles. The van der Waals surface area contributed by atoms with Crippen LogP contribution in [0.15, 0.2) is 0 Å². The number of rotatable bonds is 4. The third-order valence-electron chi connectivity index (χ3n) is 4.05. The van der Waals surface area contributed by atoms with Gasteiger partial charge >= 0.3 is 0 Å². The van der Waals surface area contributed by atoms with Gasteiger partial charge in [-0.1, -0.05) is 0 Å². The van der Waals surface area contributed by atoms with E-state index in [9.17, 15) is 35.7 Å². The van der Waals surface area contributed by atoms with Crippen LogP contribution in [0.5, 0.6) is 0 Å². The van der Waals surface area contributed by atoms with Crippen LogP contribution in [0.3, 0.4) is 0 Å². The lowest BCUT2D eigenvalue weighted by Crippen LogP contribution is -2.69. The molecular weight excluding hydrogens is 320 g/mol. The predicted molar refractivity (Wildman–Crippen MR) is 68.6 cm³/mol. The highest BCUT2D eigenvalue weighted by molar-refractivity contribution is 4.97. The van der Waals surface area contributed by atoms with E-state index in [4.69, 9.17) is 19.3 Å². The van der Waals surface area contributed by atoms with Crippen LogP contribution in [0.4, 0.5) is 0 Å². The molecule has 0 bridgehead atoms. The highest BCUT2D eigenvalue weighted by Crippen LogP contribution is 2.33. The summed E-state index contributed by atoms with van der Waals surface area (Å²) in [5.41, 5.74) is 0. The maximum absolute atomic E-state index is 10.4. The molecule has 0 aromatic heterocycles. The van der Waals surface area contributed by atoms with Crippen molar-refractivity contribution in [3.63, 3.8) is 0 Å². The minimum absolute atomic E-state index is 0.375. The summed E-state index contributed by atoms with van der Waals surface area (Å²) < 4.78 is 14.9. The van der Waals surface area contributed by atoms with Gasteiger partial charge in [0.1, 0.15) is 42.7 Å². The first-order valence-corrected chi connectivity index (χ1v) is 7.05. The monoisotopic (exact) mass is 342 g/mol. The van der Waals surface area contributed by atoms with Gasteiger partial charge in [0, 0.05) is 0 Å². The van der Waals surface area contributed by atoms with E-state index in [1.54, 1.807) is 0 Å². The molecule has 136 valence electrons. The summed E-state index contributed by atoms with van der Waals surface area (Å²) in [6, 6.07) is 0. The van der Waals surface area contributed by atoms with Crippen molar-refractivity contribution in [1.29, 1.82) is 0 Å². The van der Waals surface area contributed by atoms with Crippen LogP contribution in [0.1, 0.15) is 0 Å². The molecule has 2 fully saturated rings. The molecule has 2 rings (SSSR count). The quantitative estimate of drug-likeness (QED) is 0.228. The first-order chi connectivity index (χ1) is 10.8. The second kappa shape index (κ2) is 7.21. The van der Waals surface area contributed by atoms with Crippen LogP contribution in [-0.4, -0.2) is 115 Å². The Labute approximate surface area is 130 Å². The Morgan fingerprint density at radius 1 is 1.00 bits per heavy atom. The Morgan fingerprint density at radius 3 is 2.22 bits per heavy atom. The summed E-state index contributed by atoms with van der Waals surface area (Å²) >= 11 is 0. The third-order valence-corrected chi connectivity index (χ3v) is 4.05. The number of hydrogen-bond donors (Lipinski definition) is 8. The van der Waals surface area contributed by atoms with Gasteiger partial charge in [-0.05, 0) is 0 Å². The van der Waals surface area contributed by atoms with Gasteiger partial charge in [-0.3, -0.25) is 0 Å².